The maximum absolute atomic E-state index is 13.7. The Bertz CT molecular complexity index is 720. The van der Waals surface area contributed by atoms with Crippen LogP contribution in [-0.2, 0) is 11.3 Å². The molecule has 1 N–H and O–H groups in total. The fourth-order valence-corrected chi connectivity index (χ4v) is 2.71. The highest BCUT2D eigenvalue weighted by molar-refractivity contribution is 6.39. The standard InChI is InChI=1S/C17H17Cl2FN2O2/c1-22(9-11-6-7-15(24-2)14(20)8-11)10-16(23)21-17-12(18)4-3-5-13(17)19/h3-8H,9-10H2,1-2H3,(H,21,23). The molecular weight excluding hydrogens is 354 g/mol. The minimum absolute atomic E-state index is 0.106. The third kappa shape index (κ3) is 4.84. The van der Waals surface area contributed by atoms with Gasteiger partial charge in [-0.15, -0.1) is 0 Å². The highest BCUT2D eigenvalue weighted by Gasteiger charge is 2.12. The lowest BCUT2D eigenvalue weighted by atomic mass is 10.2. The zero-order valence-corrected chi connectivity index (χ0v) is 14.8. The number of ether oxygens (including phenoxy) is 1. The summed E-state index contributed by atoms with van der Waals surface area (Å²) in [5.41, 5.74) is 1.12. The largest absolute Gasteiger partial charge is 0.494 e. The molecule has 0 bridgehead atoms. The number of hydrogen-bond donors (Lipinski definition) is 1. The van der Waals surface area contributed by atoms with Gasteiger partial charge in [0.2, 0.25) is 5.91 Å². The van der Waals surface area contributed by atoms with Gasteiger partial charge in [0, 0.05) is 6.54 Å². The minimum atomic E-state index is -0.435. The van der Waals surface area contributed by atoms with E-state index in [2.05, 4.69) is 5.32 Å². The SMILES string of the molecule is COc1ccc(CN(C)CC(=O)Nc2c(Cl)cccc2Cl)cc1F. The summed E-state index contributed by atoms with van der Waals surface area (Å²) < 4.78 is 18.6. The Hall–Kier alpha value is -1.82. The second kappa shape index (κ2) is 8.33. The quantitative estimate of drug-likeness (QED) is 0.827. The van der Waals surface area contributed by atoms with Gasteiger partial charge in [-0.2, -0.15) is 0 Å². The van der Waals surface area contributed by atoms with Gasteiger partial charge in [0.05, 0.1) is 29.4 Å². The van der Waals surface area contributed by atoms with Gasteiger partial charge in [0.15, 0.2) is 11.6 Å². The molecule has 0 saturated heterocycles. The molecule has 0 heterocycles. The zero-order valence-electron chi connectivity index (χ0n) is 13.3. The van der Waals surface area contributed by atoms with E-state index in [0.29, 0.717) is 22.3 Å². The van der Waals surface area contributed by atoms with Crippen molar-refractivity contribution in [2.24, 2.45) is 0 Å². The van der Waals surface area contributed by atoms with Gasteiger partial charge in [-0.25, -0.2) is 4.39 Å². The Labute approximate surface area is 150 Å². The number of hydrogen-bond acceptors (Lipinski definition) is 3. The lowest BCUT2D eigenvalue weighted by molar-refractivity contribution is -0.117. The van der Waals surface area contributed by atoms with Gasteiger partial charge in [0.1, 0.15) is 0 Å². The van der Waals surface area contributed by atoms with Crippen LogP contribution in [0.1, 0.15) is 5.56 Å². The molecule has 0 atom stereocenters. The third-order valence-corrected chi connectivity index (χ3v) is 3.94. The van der Waals surface area contributed by atoms with Crippen molar-refractivity contribution in [3.8, 4) is 5.75 Å². The van der Waals surface area contributed by atoms with Gasteiger partial charge in [-0.3, -0.25) is 9.69 Å². The first-order chi connectivity index (χ1) is 11.4. The van der Waals surface area contributed by atoms with Gasteiger partial charge in [-0.1, -0.05) is 35.3 Å². The van der Waals surface area contributed by atoms with E-state index >= 15 is 0 Å². The number of nitrogens with one attached hydrogen (secondary N) is 1. The van der Waals surface area contributed by atoms with E-state index in [1.807, 2.05) is 0 Å². The number of carbonyl (C=O) groups excluding carboxylic acids is 1. The van der Waals surface area contributed by atoms with E-state index < -0.39 is 5.82 Å². The molecule has 1 amide bonds. The Kier molecular flexibility index (Phi) is 6.43. The summed E-state index contributed by atoms with van der Waals surface area (Å²) in [6, 6.07) is 9.69. The van der Waals surface area contributed by atoms with Gasteiger partial charge in [0.25, 0.3) is 0 Å². The number of likely N-dealkylation sites (N-methyl/N-ethyl adjacent to an activating group) is 1. The molecule has 0 aliphatic heterocycles. The number of nitrogens with zero attached hydrogens (tertiary/aromatic N) is 1. The summed E-state index contributed by atoms with van der Waals surface area (Å²) >= 11 is 12.0. The van der Waals surface area contributed by atoms with Crippen molar-refractivity contribution in [2.75, 3.05) is 26.0 Å². The third-order valence-electron chi connectivity index (χ3n) is 3.31. The molecule has 2 aromatic rings. The van der Waals surface area contributed by atoms with Crippen LogP contribution in [0.3, 0.4) is 0 Å². The molecule has 0 aromatic heterocycles. The summed E-state index contributed by atoms with van der Waals surface area (Å²) in [5, 5.41) is 3.43. The van der Waals surface area contributed by atoms with Gasteiger partial charge >= 0.3 is 0 Å². The van der Waals surface area contributed by atoms with E-state index in [1.165, 1.54) is 13.2 Å². The molecule has 2 rings (SSSR count). The second-order valence-electron chi connectivity index (χ2n) is 5.29. The summed E-state index contributed by atoms with van der Waals surface area (Å²) in [4.78, 5) is 13.9. The number of benzene rings is 2. The van der Waals surface area contributed by atoms with Crippen molar-refractivity contribution in [1.29, 1.82) is 0 Å². The molecule has 0 fully saturated rings. The molecule has 0 aliphatic carbocycles. The smallest absolute Gasteiger partial charge is 0.238 e. The fraction of sp³-hybridized carbons (Fsp3) is 0.235. The average molecular weight is 371 g/mol. The predicted octanol–water partition coefficient (Wildman–Crippen LogP) is 4.21. The molecular formula is C17H17Cl2FN2O2. The Morgan fingerprint density at radius 3 is 2.50 bits per heavy atom. The van der Waals surface area contributed by atoms with Crippen LogP contribution in [0.4, 0.5) is 10.1 Å². The molecule has 0 radical (unpaired) electrons. The summed E-state index contributed by atoms with van der Waals surface area (Å²) in [6.07, 6.45) is 0. The number of methoxy groups -OCH3 is 1. The van der Waals surface area contributed by atoms with Crippen molar-refractivity contribution < 1.29 is 13.9 Å². The second-order valence-corrected chi connectivity index (χ2v) is 6.10. The van der Waals surface area contributed by atoms with E-state index in [4.69, 9.17) is 27.9 Å². The summed E-state index contributed by atoms with van der Waals surface area (Å²) in [5.74, 6) is -0.510. The van der Waals surface area contributed by atoms with Gasteiger partial charge in [-0.05, 0) is 36.9 Å². The van der Waals surface area contributed by atoms with Crippen LogP contribution in [0, 0.1) is 5.82 Å². The molecule has 128 valence electrons. The molecule has 24 heavy (non-hydrogen) atoms. The molecule has 0 spiro atoms. The first-order valence-electron chi connectivity index (χ1n) is 7.15. The average Bonchev–Trinajstić information content (AvgIpc) is 2.51. The molecule has 2 aromatic carbocycles. The lowest BCUT2D eigenvalue weighted by Crippen LogP contribution is -2.30. The Morgan fingerprint density at radius 1 is 1.25 bits per heavy atom. The predicted molar refractivity (Wildman–Crippen MR) is 94.4 cm³/mol. The maximum atomic E-state index is 13.7. The maximum Gasteiger partial charge on any atom is 0.238 e. The molecule has 0 saturated carbocycles. The molecule has 0 unspecified atom stereocenters. The molecule has 4 nitrogen and oxygen atoms in total. The minimum Gasteiger partial charge on any atom is -0.494 e. The fourth-order valence-electron chi connectivity index (χ4n) is 2.22. The molecule has 7 heteroatoms. The number of para-hydroxylation sites is 1. The number of halogens is 3. The van der Waals surface area contributed by atoms with Crippen molar-refractivity contribution in [3.63, 3.8) is 0 Å². The number of rotatable bonds is 6. The van der Waals surface area contributed by atoms with Crippen LogP contribution in [0.2, 0.25) is 10.0 Å². The highest BCUT2D eigenvalue weighted by Crippen LogP contribution is 2.29. The van der Waals surface area contributed by atoms with E-state index in [0.717, 1.165) is 5.56 Å². The van der Waals surface area contributed by atoms with Crippen LogP contribution < -0.4 is 10.1 Å². The van der Waals surface area contributed by atoms with Crippen LogP contribution in [0.25, 0.3) is 0 Å². The lowest BCUT2D eigenvalue weighted by Gasteiger charge is -2.17. The summed E-state index contributed by atoms with van der Waals surface area (Å²) in [6.45, 7) is 0.514. The monoisotopic (exact) mass is 370 g/mol. The van der Waals surface area contributed by atoms with Crippen LogP contribution in [-0.4, -0.2) is 31.5 Å². The summed E-state index contributed by atoms with van der Waals surface area (Å²) in [7, 11) is 3.17. The Balaban J connectivity index is 1.95. The topological polar surface area (TPSA) is 41.6 Å². The van der Waals surface area contributed by atoms with Crippen LogP contribution >= 0.6 is 23.2 Å². The van der Waals surface area contributed by atoms with E-state index in [1.54, 1.807) is 42.3 Å². The van der Waals surface area contributed by atoms with E-state index in [9.17, 15) is 9.18 Å². The van der Waals surface area contributed by atoms with Crippen molar-refractivity contribution in [3.05, 3.63) is 57.8 Å². The first kappa shape index (κ1) is 18.5. The van der Waals surface area contributed by atoms with Crippen molar-refractivity contribution in [1.82, 2.24) is 4.90 Å². The first-order valence-corrected chi connectivity index (χ1v) is 7.91. The van der Waals surface area contributed by atoms with Gasteiger partial charge < -0.3 is 10.1 Å². The zero-order chi connectivity index (χ0) is 17.7. The van der Waals surface area contributed by atoms with Crippen molar-refractivity contribution >= 4 is 34.8 Å². The van der Waals surface area contributed by atoms with Crippen LogP contribution in [0.15, 0.2) is 36.4 Å². The highest BCUT2D eigenvalue weighted by atomic mass is 35.5. The number of carbonyl (C=O) groups is 1. The number of anilines is 1. The van der Waals surface area contributed by atoms with Crippen LogP contribution in [0.5, 0.6) is 5.75 Å². The molecule has 0 aliphatic rings. The normalized spacial score (nSPS) is 10.8. The van der Waals surface area contributed by atoms with Crippen molar-refractivity contribution in [2.45, 2.75) is 6.54 Å². The number of amides is 1. The Morgan fingerprint density at radius 2 is 1.92 bits per heavy atom. The van der Waals surface area contributed by atoms with E-state index in [-0.39, 0.29) is 18.2 Å².